The molecule has 2 nitrogen and oxygen atoms in total. The van der Waals surface area contributed by atoms with Gasteiger partial charge in [-0.15, -0.1) is 0 Å². The van der Waals surface area contributed by atoms with Crippen molar-refractivity contribution >= 4 is 0 Å². The van der Waals surface area contributed by atoms with Crippen LogP contribution in [-0.2, 0) is 6.42 Å². The smallest absolute Gasteiger partial charge is 0.0592 e. The second kappa shape index (κ2) is 7.05. The largest absolute Gasteiger partial charge is 0.306 e. The first-order valence-electron chi connectivity index (χ1n) is 7.07. The van der Waals surface area contributed by atoms with E-state index in [0.717, 1.165) is 19.4 Å². The van der Waals surface area contributed by atoms with Gasteiger partial charge >= 0.3 is 0 Å². The summed E-state index contributed by atoms with van der Waals surface area (Å²) in [5.74, 6) is 0. The Balaban J connectivity index is 2.31. The van der Waals surface area contributed by atoms with Gasteiger partial charge in [0, 0.05) is 12.4 Å². The fourth-order valence-corrected chi connectivity index (χ4v) is 2.26. The highest BCUT2D eigenvalue weighted by molar-refractivity contribution is 5.33. The summed E-state index contributed by atoms with van der Waals surface area (Å²) < 4.78 is 0. The van der Waals surface area contributed by atoms with Gasteiger partial charge in [0.2, 0.25) is 0 Å². The van der Waals surface area contributed by atoms with Crippen LogP contribution in [0, 0.1) is 0 Å². The molecule has 0 saturated carbocycles. The Morgan fingerprint density at radius 1 is 1.11 bits per heavy atom. The van der Waals surface area contributed by atoms with Gasteiger partial charge in [0.05, 0.1) is 6.04 Å². The Kier molecular flexibility index (Phi) is 5.10. The quantitative estimate of drug-likeness (QED) is 0.849. The van der Waals surface area contributed by atoms with E-state index in [9.17, 15) is 0 Å². The summed E-state index contributed by atoms with van der Waals surface area (Å²) in [6.07, 6.45) is 5.97. The van der Waals surface area contributed by atoms with Gasteiger partial charge in [-0.25, -0.2) is 0 Å². The van der Waals surface area contributed by atoms with E-state index in [1.807, 2.05) is 18.5 Å². The standard InChI is InChI=1S/C17H22N2/c1-3-10-19-17(16-9-6-11-18-13-16)15-8-5-7-14(4-2)12-15/h5-9,11-13,17,19H,3-4,10H2,1-2H3. The number of nitrogens with zero attached hydrogens (tertiary/aromatic N) is 1. The molecule has 1 aromatic heterocycles. The summed E-state index contributed by atoms with van der Waals surface area (Å²) in [4.78, 5) is 4.24. The first kappa shape index (κ1) is 13.8. The Labute approximate surface area is 115 Å². The molecule has 0 spiro atoms. The van der Waals surface area contributed by atoms with E-state index < -0.39 is 0 Å². The van der Waals surface area contributed by atoms with Crippen LogP contribution in [0.15, 0.2) is 48.8 Å². The number of nitrogens with one attached hydrogen (secondary N) is 1. The van der Waals surface area contributed by atoms with Crippen LogP contribution in [0.1, 0.15) is 43.0 Å². The number of hydrogen-bond acceptors (Lipinski definition) is 2. The molecule has 0 aliphatic heterocycles. The Morgan fingerprint density at radius 3 is 2.63 bits per heavy atom. The van der Waals surface area contributed by atoms with Crippen LogP contribution in [0.5, 0.6) is 0 Å². The van der Waals surface area contributed by atoms with Crippen LogP contribution in [-0.4, -0.2) is 11.5 Å². The number of rotatable bonds is 6. The van der Waals surface area contributed by atoms with E-state index in [2.05, 4.69) is 54.5 Å². The van der Waals surface area contributed by atoms with Gasteiger partial charge in [-0.3, -0.25) is 4.98 Å². The summed E-state index contributed by atoms with van der Waals surface area (Å²) in [5, 5.41) is 3.61. The zero-order chi connectivity index (χ0) is 13.5. The maximum absolute atomic E-state index is 4.24. The Hall–Kier alpha value is -1.67. The molecule has 0 saturated heterocycles. The van der Waals surface area contributed by atoms with Crippen molar-refractivity contribution in [2.45, 2.75) is 32.7 Å². The molecule has 2 heteroatoms. The molecule has 0 bridgehead atoms. The zero-order valence-electron chi connectivity index (χ0n) is 11.8. The first-order chi connectivity index (χ1) is 9.35. The third-order valence-electron chi connectivity index (χ3n) is 3.31. The van der Waals surface area contributed by atoms with E-state index in [-0.39, 0.29) is 6.04 Å². The minimum Gasteiger partial charge on any atom is -0.306 e. The lowest BCUT2D eigenvalue weighted by Crippen LogP contribution is -2.23. The number of pyridine rings is 1. The predicted octanol–water partition coefficient (Wildman–Crippen LogP) is 3.73. The third kappa shape index (κ3) is 3.65. The molecule has 0 radical (unpaired) electrons. The maximum Gasteiger partial charge on any atom is 0.0592 e. The van der Waals surface area contributed by atoms with E-state index in [1.165, 1.54) is 16.7 Å². The van der Waals surface area contributed by atoms with Crippen LogP contribution in [0.2, 0.25) is 0 Å². The minimum atomic E-state index is 0.236. The van der Waals surface area contributed by atoms with Crippen LogP contribution in [0.3, 0.4) is 0 Å². The first-order valence-corrected chi connectivity index (χ1v) is 7.07. The van der Waals surface area contributed by atoms with Crippen molar-refractivity contribution in [3.63, 3.8) is 0 Å². The van der Waals surface area contributed by atoms with Crippen molar-refractivity contribution in [1.29, 1.82) is 0 Å². The Morgan fingerprint density at radius 2 is 1.95 bits per heavy atom. The summed E-state index contributed by atoms with van der Waals surface area (Å²) in [6, 6.07) is 13.2. The van der Waals surface area contributed by atoms with Crippen LogP contribution in [0.4, 0.5) is 0 Å². The molecular formula is C17H22N2. The average molecular weight is 254 g/mol. The molecule has 1 heterocycles. The van der Waals surface area contributed by atoms with E-state index in [0.29, 0.717) is 0 Å². The lowest BCUT2D eigenvalue weighted by atomic mass is 9.97. The molecule has 1 aromatic carbocycles. The third-order valence-corrected chi connectivity index (χ3v) is 3.31. The van der Waals surface area contributed by atoms with Crippen molar-refractivity contribution < 1.29 is 0 Å². The van der Waals surface area contributed by atoms with Gasteiger partial charge in [0.1, 0.15) is 0 Å². The SMILES string of the molecule is CCCNC(c1cccnc1)c1cccc(CC)c1. The summed E-state index contributed by atoms with van der Waals surface area (Å²) in [6.45, 7) is 5.39. The van der Waals surface area contributed by atoms with Crippen molar-refractivity contribution in [2.24, 2.45) is 0 Å². The molecule has 1 unspecified atom stereocenters. The van der Waals surface area contributed by atoms with Crippen molar-refractivity contribution in [2.75, 3.05) is 6.54 Å². The van der Waals surface area contributed by atoms with E-state index in [1.54, 1.807) is 0 Å². The van der Waals surface area contributed by atoms with Crippen molar-refractivity contribution in [3.05, 3.63) is 65.5 Å². The highest BCUT2D eigenvalue weighted by Gasteiger charge is 2.13. The number of aromatic nitrogens is 1. The van der Waals surface area contributed by atoms with Gasteiger partial charge < -0.3 is 5.32 Å². The van der Waals surface area contributed by atoms with Gasteiger partial charge in [-0.1, -0.05) is 44.2 Å². The topological polar surface area (TPSA) is 24.9 Å². The molecule has 100 valence electrons. The molecule has 1 atom stereocenters. The molecule has 0 fully saturated rings. The summed E-state index contributed by atoms with van der Waals surface area (Å²) in [5.41, 5.74) is 3.93. The average Bonchev–Trinajstić information content (AvgIpc) is 2.49. The maximum atomic E-state index is 4.24. The predicted molar refractivity (Wildman–Crippen MR) is 80.2 cm³/mol. The van der Waals surface area contributed by atoms with Crippen LogP contribution in [0.25, 0.3) is 0 Å². The minimum absolute atomic E-state index is 0.236. The summed E-state index contributed by atoms with van der Waals surface area (Å²) >= 11 is 0. The lowest BCUT2D eigenvalue weighted by molar-refractivity contribution is 0.596. The van der Waals surface area contributed by atoms with Crippen LogP contribution < -0.4 is 5.32 Å². The van der Waals surface area contributed by atoms with Gasteiger partial charge in [-0.05, 0) is 42.1 Å². The van der Waals surface area contributed by atoms with E-state index >= 15 is 0 Å². The van der Waals surface area contributed by atoms with Gasteiger partial charge in [0.15, 0.2) is 0 Å². The zero-order valence-corrected chi connectivity index (χ0v) is 11.8. The van der Waals surface area contributed by atoms with Crippen molar-refractivity contribution in [1.82, 2.24) is 10.3 Å². The summed E-state index contributed by atoms with van der Waals surface area (Å²) in [7, 11) is 0. The molecule has 2 aromatic rings. The second-order valence-corrected chi connectivity index (χ2v) is 4.77. The number of benzene rings is 1. The molecule has 0 aliphatic carbocycles. The number of hydrogen-bond donors (Lipinski definition) is 1. The highest BCUT2D eigenvalue weighted by Crippen LogP contribution is 2.22. The molecule has 1 N–H and O–H groups in total. The fourth-order valence-electron chi connectivity index (χ4n) is 2.26. The monoisotopic (exact) mass is 254 g/mol. The molecule has 0 amide bonds. The van der Waals surface area contributed by atoms with E-state index in [4.69, 9.17) is 0 Å². The number of aryl methyl sites for hydroxylation is 1. The normalized spacial score (nSPS) is 12.3. The molecule has 19 heavy (non-hydrogen) atoms. The molecular weight excluding hydrogens is 232 g/mol. The van der Waals surface area contributed by atoms with Gasteiger partial charge in [-0.2, -0.15) is 0 Å². The fraction of sp³-hybridized carbons (Fsp3) is 0.353. The lowest BCUT2D eigenvalue weighted by Gasteiger charge is -2.19. The van der Waals surface area contributed by atoms with Crippen LogP contribution >= 0.6 is 0 Å². The highest BCUT2D eigenvalue weighted by atomic mass is 14.9. The second-order valence-electron chi connectivity index (χ2n) is 4.77. The molecule has 2 rings (SSSR count). The van der Waals surface area contributed by atoms with Crippen molar-refractivity contribution in [3.8, 4) is 0 Å². The molecule has 0 aliphatic rings. The van der Waals surface area contributed by atoms with Gasteiger partial charge in [0.25, 0.3) is 0 Å². The Bertz CT molecular complexity index is 494.